The van der Waals surface area contributed by atoms with Crippen LogP contribution in [0, 0.1) is 48.5 Å². The Balaban J connectivity index is 0.000000131. The number of anilines is 8. The monoisotopic (exact) mass is 1970 g/mol. The normalized spacial score (nSPS) is 11.9. The molecule has 0 radical (unpaired) electrons. The molecule has 7 aliphatic rings. The summed E-state index contributed by atoms with van der Waals surface area (Å²) in [6, 6.07) is 67.6. The van der Waals surface area contributed by atoms with Gasteiger partial charge < -0.3 is 54.0 Å². The van der Waals surface area contributed by atoms with Crippen LogP contribution in [0.15, 0.2) is 249 Å². The van der Waals surface area contributed by atoms with Crippen molar-refractivity contribution in [2.24, 2.45) is 15.0 Å². The number of H-pyrrole nitrogens is 5. The molecule has 147 heavy (non-hydrogen) atoms. The van der Waals surface area contributed by atoms with Gasteiger partial charge in [0.15, 0.2) is 56.6 Å². The van der Waals surface area contributed by atoms with Gasteiger partial charge in [-0.05, 0) is 268 Å². The van der Waals surface area contributed by atoms with E-state index in [2.05, 4.69) is 266 Å². The Morgan fingerprint density at radius 3 is 1.26 bits per heavy atom. The molecule has 32 nitrogen and oxygen atoms in total. The average molecular weight is 1970 g/mol. The second kappa shape index (κ2) is 45.9. The number of nitrogens with one attached hydrogen (secondary N) is 6. The fraction of sp³-hybridized carbons (Fsp3) is 0.270. The highest BCUT2D eigenvalue weighted by Crippen LogP contribution is 2.43. The summed E-state index contributed by atoms with van der Waals surface area (Å²) in [7, 11) is 0. The Morgan fingerprint density at radius 2 is 0.796 bits per heavy atom. The van der Waals surface area contributed by atoms with Crippen LogP contribution in [0.1, 0.15) is 145 Å². The Labute approximate surface area is 847 Å². The molecule has 1 amide bonds. The van der Waals surface area contributed by atoms with E-state index in [1.54, 1.807) is 13.8 Å². The lowest BCUT2D eigenvalue weighted by molar-refractivity contribution is 0.130. The molecule has 0 aliphatic carbocycles. The third kappa shape index (κ3) is 24.3. The van der Waals surface area contributed by atoms with Crippen molar-refractivity contribution in [3.05, 3.63) is 383 Å². The van der Waals surface area contributed by atoms with Gasteiger partial charge in [-0.2, -0.15) is 9.97 Å². The first-order valence-electron chi connectivity index (χ1n) is 49.6. The lowest BCUT2D eigenvalue weighted by atomic mass is 10.0. The number of hydrogen-bond acceptors (Lipinski definition) is 24. The zero-order chi connectivity index (χ0) is 104. The number of nitrogens with two attached hydrogens (primary N) is 1. The molecule has 7 aliphatic heterocycles. The number of fused-ring (bicyclic) bond motifs is 10. The van der Waals surface area contributed by atoms with Crippen molar-refractivity contribution in [3.8, 4) is 28.8 Å². The summed E-state index contributed by atoms with van der Waals surface area (Å²) < 4.78 is 14.9. The Bertz CT molecular complexity index is 8580. The molecule has 20 rings (SSSR count). The van der Waals surface area contributed by atoms with E-state index in [1.807, 2.05) is 127 Å². The van der Waals surface area contributed by atoms with Gasteiger partial charge in [-0.1, -0.05) is 184 Å². The second-order valence-corrected chi connectivity index (χ2v) is 37.1. The highest BCUT2D eigenvalue weighted by Gasteiger charge is 2.30. The fourth-order valence-electron chi connectivity index (χ4n) is 18.5. The highest BCUT2D eigenvalue weighted by molar-refractivity contribution is 5.90. The van der Waals surface area contributed by atoms with Gasteiger partial charge in [0.25, 0.3) is 27.8 Å². The smallest absolute Gasteiger partial charge is 0.411 e. The number of aromatic amines is 5. The minimum atomic E-state index is -0.675. The van der Waals surface area contributed by atoms with E-state index in [1.165, 1.54) is 61.2 Å². The molecule has 8 N–H and O–H groups in total. The topological polar surface area (TPSA) is 419 Å². The molecule has 10 heterocycles. The molecule has 0 saturated carbocycles. The number of hydrogen-bond donors (Lipinski definition) is 7. The van der Waals surface area contributed by atoms with Crippen molar-refractivity contribution in [3.63, 3.8) is 0 Å². The fourth-order valence-corrected chi connectivity index (χ4v) is 18.5. The van der Waals surface area contributed by atoms with Gasteiger partial charge >= 0.3 is 17.5 Å². The van der Waals surface area contributed by atoms with E-state index in [0.29, 0.717) is 100 Å². The van der Waals surface area contributed by atoms with E-state index in [9.17, 15) is 38.4 Å². The molecule has 0 unspecified atom stereocenters. The highest BCUT2D eigenvalue weighted by atomic mass is 16.6. The molecule has 750 valence electrons. The molecular weight excluding hydrogens is 1850 g/mol. The van der Waals surface area contributed by atoms with Crippen LogP contribution in [-0.2, 0) is 62.8 Å². The predicted octanol–water partition coefficient (Wildman–Crippen LogP) is 15.3. The van der Waals surface area contributed by atoms with Crippen molar-refractivity contribution in [2.45, 2.75) is 179 Å². The molecular formula is C115H120N22O10. The van der Waals surface area contributed by atoms with Gasteiger partial charge in [0.05, 0.1) is 68.9 Å². The molecule has 10 aromatic carbocycles. The second-order valence-electron chi connectivity index (χ2n) is 37.1. The Kier molecular flexibility index (Phi) is 32.1. The quantitative estimate of drug-likeness (QED) is 0.0195. The third-order valence-electron chi connectivity index (χ3n) is 25.8. The zero-order valence-electron chi connectivity index (χ0n) is 84.8. The third-order valence-corrected chi connectivity index (χ3v) is 25.8. The van der Waals surface area contributed by atoms with Gasteiger partial charge in [-0.3, -0.25) is 39.3 Å². The number of aromatic nitrogens is 14. The summed E-state index contributed by atoms with van der Waals surface area (Å²) in [4.78, 5) is 161. The number of carbonyl (C=O) groups is 1. The van der Waals surface area contributed by atoms with Crippen molar-refractivity contribution in [1.82, 2.24) is 68.9 Å². The first-order valence-corrected chi connectivity index (χ1v) is 49.6. The van der Waals surface area contributed by atoms with Crippen molar-refractivity contribution in [2.75, 3.05) is 52.0 Å². The van der Waals surface area contributed by atoms with Crippen LogP contribution in [0.5, 0.6) is 5.75 Å². The molecule has 3 aromatic heterocycles. The summed E-state index contributed by atoms with van der Waals surface area (Å²) in [6.07, 6.45) is 9.97. The number of benzene rings is 10. The van der Waals surface area contributed by atoms with E-state index in [0.717, 1.165) is 151 Å². The zero-order valence-corrected chi connectivity index (χ0v) is 84.8. The van der Waals surface area contributed by atoms with Crippen LogP contribution in [0.3, 0.4) is 0 Å². The number of ether oxygens (including phenoxy) is 2. The van der Waals surface area contributed by atoms with Crippen LogP contribution in [0.4, 0.5) is 67.7 Å². The number of rotatable bonds is 26. The van der Waals surface area contributed by atoms with E-state index in [-0.39, 0.29) is 50.8 Å². The summed E-state index contributed by atoms with van der Waals surface area (Å²) in [6.45, 7) is 39.2. The largest absolute Gasteiger partial charge is 0.494 e. The SMILES string of the molecule is C=c1nc2c(c(=O)[nH]1)=Nc1cc(C)c(NC(=O)OC(C)C)cc1N2CCCc1ccccc1.C=c1nc2c(c(=O)[nH]1)=Nc1cc(C)c(OCC)cc1N2CCCc1ccccc1.C=c1nc2c(c(=O)[nH]1)=Nc1cc(CC)c(C)cc1N2CCCc1ccccc1.CCc1cc2nc3c(=O)[nH]c(=O)nc-3n(CCCc3cccc(C)c3)c2cc1C.Cc1ccc(CCCn2c3nc(=O)[nH]c(=O)c-3nc3cc(C)c(N)cc32)cc1. The number of carbonyl (C=O) groups excluding carboxylic acids is 1. The number of nitrogens with zero attached hydrogens (tertiary/aromatic N) is 15. The van der Waals surface area contributed by atoms with Gasteiger partial charge in [0, 0.05) is 50.2 Å². The molecule has 0 bridgehead atoms. The molecule has 13 aromatic rings. The number of amides is 1. The maximum absolute atomic E-state index is 12.6. The Morgan fingerprint density at radius 1 is 0.388 bits per heavy atom. The predicted molar refractivity (Wildman–Crippen MR) is 581 cm³/mol. The van der Waals surface area contributed by atoms with Gasteiger partial charge in [-0.15, -0.1) is 0 Å². The Hall–Kier alpha value is -17.3. The minimum Gasteiger partial charge on any atom is -0.494 e. The van der Waals surface area contributed by atoms with Crippen LogP contribution in [0.25, 0.3) is 64.8 Å². The minimum absolute atomic E-state index is 0.159. The first-order chi connectivity index (χ1) is 70.8. The summed E-state index contributed by atoms with van der Waals surface area (Å²) in [5.74, 6) is 3.05. The van der Waals surface area contributed by atoms with Gasteiger partial charge in [0.1, 0.15) is 22.2 Å². The number of aryl methyl sites for hydroxylation is 16. The summed E-state index contributed by atoms with van der Waals surface area (Å²) >= 11 is 0. The van der Waals surface area contributed by atoms with Crippen molar-refractivity contribution >= 4 is 111 Å². The molecule has 0 saturated heterocycles. The maximum atomic E-state index is 12.6. The first kappa shape index (κ1) is 103. The van der Waals surface area contributed by atoms with Crippen LogP contribution in [0.2, 0.25) is 0 Å². The van der Waals surface area contributed by atoms with Crippen molar-refractivity contribution < 1.29 is 14.3 Å². The number of nitrogen functional groups attached to an aromatic ring is 1. The van der Waals surface area contributed by atoms with Crippen LogP contribution >= 0.6 is 0 Å². The molecule has 0 fully saturated rings. The van der Waals surface area contributed by atoms with Crippen LogP contribution in [-0.4, -0.2) is 107 Å². The van der Waals surface area contributed by atoms with E-state index < -0.39 is 28.6 Å². The van der Waals surface area contributed by atoms with Gasteiger partial charge in [-0.25, -0.2) is 54.3 Å². The lowest BCUT2D eigenvalue weighted by Gasteiger charge is -2.29. The van der Waals surface area contributed by atoms with E-state index in [4.69, 9.17) is 15.2 Å². The molecule has 32 heteroatoms. The van der Waals surface area contributed by atoms with E-state index >= 15 is 0 Å². The van der Waals surface area contributed by atoms with Crippen molar-refractivity contribution in [1.29, 1.82) is 0 Å². The standard InChI is InChI=1S/C25H27N5O3.2C23H24N4O2.C23H24N4O.C21H21N5O2/c1-15(2)33-25(32)29-19-14-21-20(13-16(19)3)28-22-23(26-17(4)27-24(22)31)30(21)12-8-11-18-9-6-5-7-10-18;1-4-17-13-18-19(12-15(17)3)27(10-6-9-16-8-5-7-14(2)11-16)21-20(24-18)22(28)26-23(29)25-21;1-4-29-20-14-19-18(13-15(20)2)26-21-22(24-16(3)25-23(21)28)27(19)12-8-11-17-9-6-5-7-10-17;1-4-18-14-19-20(13-15(18)2)27(12-8-11-17-9-6-5-7-10-17)22-21(26-19)23(28)25-16(3)24-22;1-12-5-7-14(8-6-12)4-3-9-26-17-11-15(22)13(2)10-16(17)23-18-19(26)24-21(28)25-20(18)27/h5-7,9-10,13-15H,4,8,11-12H2,1-3H3,(H,27,31)(H,29,32);5,7-8,11-13H,4,6,9-10H2,1-3H3,(H,26,28,29);5-7,9-10,13-14H,3-4,8,11-12H2,1-2H3,(H,25,28);5-7,9-10,13-14H,3-4,8,11-12H2,1-2H3,(H,25,28);5-8,10-11H,3-4,9,22H2,1-2H3,(H,25,27,28). The molecule has 0 spiro atoms. The average Bonchev–Trinajstić information content (AvgIpc) is 0.767. The maximum Gasteiger partial charge on any atom is 0.411 e. The van der Waals surface area contributed by atoms with Crippen LogP contribution < -0.4 is 102 Å². The summed E-state index contributed by atoms with van der Waals surface area (Å²) in [5.41, 5.74) is 29.8. The lowest BCUT2D eigenvalue weighted by Crippen LogP contribution is -2.42. The molecule has 0 atom stereocenters. The summed E-state index contributed by atoms with van der Waals surface area (Å²) in [5, 5.41) is 3.76. The van der Waals surface area contributed by atoms with Gasteiger partial charge in [0.2, 0.25) is 0 Å².